The Morgan fingerprint density at radius 2 is 1.95 bits per heavy atom. The molecule has 0 unspecified atom stereocenters. The number of sulfonamides is 1. The Balaban J connectivity index is 2.37. The number of hydrogen-bond acceptors (Lipinski definition) is 5. The standard InChI is InChI=1S/C13H17FN2O5S/c1-22(19,20)15-11-7-10(14)12(16(17)18)8-13(11)21-9-5-3-2-4-6-9/h7-9,15H,2-6H2,1H3. The smallest absolute Gasteiger partial charge is 0.308 e. The van der Waals surface area contributed by atoms with Crippen molar-refractivity contribution in [2.75, 3.05) is 11.0 Å². The van der Waals surface area contributed by atoms with Gasteiger partial charge in [-0.05, 0) is 25.7 Å². The van der Waals surface area contributed by atoms with E-state index in [1.54, 1.807) is 0 Å². The number of ether oxygens (including phenoxy) is 1. The van der Waals surface area contributed by atoms with Crippen LogP contribution in [0.2, 0.25) is 0 Å². The molecule has 0 amide bonds. The molecule has 1 aromatic carbocycles. The van der Waals surface area contributed by atoms with E-state index in [0.29, 0.717) is 0 Å². The molecule has 0 heterocycles. The van der Waals surface area contributed by atoms with Crippen molar-refractivity contribution in [1.82, 2.24) is 0 Å². The van der Waals surface area contributed by atoms with Crippen molar-refractivity contribution in [3.8, 4) is 5.75 Å². The highest BCUT2D eigenvalue weighted by molar-refractivity contribution is 7.92. The van der Waals surface area contributed by atoms with Crippen molar-refractivity contribution in [3.63, 3.8) is 0 Å². The van der Waals surface area contributed by atoms with E-state index in [1.807, 2.05) is 0 Å². The van der Waals surface area contributed by atoms with Crippen LogP contribution in [0.4, 0.5) is 15.8 Å². The molecule has 9 heteroatoms. The number of rotatable bonds is 5. The summed E-state index contributed by atoms with van der Waals surface area (Å²) in [7, 11) is -3.66. The summed E-state index contributed by atoms with van der Waals surface area (Å²) in [5, 5.41) is 10.8. The Labute approximate surface area is 127 Å². The Morgan fingerprint density at radius 3 is 2.50 bits per heavy atom. The quantitative estimate of drug-likeness (QED) is 0.660. The van der Waals surface area contributed by atoms with Crippen LogP contribution in [0.1, 0.15) is 32.1 Å². The molecule has 1 aromatic rings. The average Bonchev–Trinajstić information content (AvgIpc) is 2.40. The summed E-state index contributed by atoms with van der Waals surface area (Å²) in [5.41, 5.74) is -0.874. The maximum atomic E-state index is 13.7. The SMILES string of the molecule is CS(=O)(=O)Nc1cc(F)c([N+](=O)[O-])cc1OC1CCCCC1. The summed E-state index contributed by atoms with van der Waals surface area (Å²) in [6.45, 7) is 0. The van der Waals surface area contributed by atoms with Crippen LogP contribution >= 0.6 is 0 Å². The first-order valence-corrected chi connectivity index (χ1v) is 8.78. The second kappa shape index (κ2) is 6.47. The van der Waals surface area contributed by atoms with E-state index in [1.165, 1.54) is 0 Å². The predicted molar refractivity (Wildman–Crippen MR) is 79.0 cm³/mol. The second-order valence-corrected chi connectivity index (χ2v) is 7.06. The molecule has 1 aliphatic rings. The van der Waals surface area contributed by atoms with Gasteiger partial charge >= 0.3 is 5.69 Å². The molecule has 1 aliphatic carbocycles. The van der Waals surface area contributed by atoms with E-state index in [0.717, 1.165) is 50.5 Å². The molecule has 0 spiro atoms. The van der Waals surface area contributed by atoms with Crippen molar-refractivity contribution in [2.45, 2.75) is 38.2 Å². The first-order valence-electron chi connectivity index (χ1n) is 6.88. The largest absolute Gasteiger partial charge is 0.488 e. The summed E-state index contributed by atoms with van der Waals surface area (Å²) in [4.78, 5) is 9.97. The molecule has 122 valence electrons. The van der Waals surface area contributed by atoms with E-state index in [4.69, 9.17) is 4.74 Å². The molecule has 0 saturated heterocycles. The van der Waals surface area contributed by atoms with Crippen molar-refractivity contribution in [3.05, 3.63) is 28.1 Å². The highest BCUT2D eigenvalue weighted by atomic mass is 32.2. The molecular weight excluding hydrogens is 315 g/mol. The molecule has 22 heavy (non-hydrogen) atoms. The van der Waals surface area contributed by atoms with Gasteiger partial charge in [0.15, 0.2) is 5.75 Å². The Morgan fingerprint density at radius 1 is 1.32 bits per heavy atom. The summed E-state index contributed by atoms with van der Waals surface area (Å²) in [6.07, 6.45) is 5.37. The number of nitrogens with zero attached hydrogens (tertiary/aromatic N) is 1. The van der Waals surface area contributed by atoms with Crippen LogP contribution in [0.25, 0.3) is 0 Å². The van der Waals surface area contributed by atoms with Crippen LogP contribution in [0, 0.1) is 15.9 Å². The molecule has 0 atom stereocenters. The summed E-state index contributed by atoms with van der Waals surface area (Å²) < 4.78 is 44.2. The van der Waals surface area contributed by atoms with E-state index in [2.05, 4.69) is 4.72 Å². The number of anilines is 1. The lowest BCUT2D eigenvalue weighted by molar-refractivity contribution is -0.387. The van der Waals surface area contributed by atoms with Gasteiger partial charge in [0.2, 0.25) is 15.8 Å². The fourth-order valence-corrected chi connectivity index (χ4v) is 2.98. The Kier molecular flexibility index (Phi) is 4.84. The van der Waals surface area contributed by atoms with E-state index in [9.17, 15) is 22.9 Å². The van der Waals surface area contributed by atoms with Crippen molar-refractivity contribution in [1.29, 1.82) is 0 Å². The third-order valence-corrected chi connectivity index (χ3v) is 3.98. The van der Waals surface area contributed by atoms with Gasteiger partial charge in [0.25, 0.3) is 0 Å². The fourth-order valence-electron chi connectivity index (χ4n) is 2.42. The lowest BCUT2D eigenvalue weighted by Gasteiger charge is -2.24. The highest BCUT2D eigenvalue weighted by Gasteiger charge is 2.23. The van der Waals surface area contributed by atoms with Gasteiger partial charge in [-0.25, -0.2) is 8.42 Å². The summed E-state index contributed by atoms with van der Waals surface area (Å²) in [6, 6.07) is 1.70. The van der Waals surface area contributed by atoms with Gasteiger partial charge in [-0.2, -0.15) is 4.39 Å². The third-order valence-electron chi connectivity index (χ3n) is 3.39. The van der Waals surface area contributed by atoms with Gasteiger partial charge in [-0.1, -0.05) is 6.42 Å². The van der Waals surface area contributed by atoms with Crippen LogP contribution in [0.5, 0.6) is 5.75 Å². The molecule has 1 saturated carbocycles. The number of nitrogens with one attached hydrogen (secondary N) is 1. The van der Waals surface area contributed by atoms with Crippen molar-refractivity contribution in [2.24, 2.45) is 0 Å². The van der Waals surface area contributed by atoms with Gasteiger partial charge in [-0.15, -0.1) is 0 Å². The monoisotopic (exact) mass is 332 g/mol. The zero-order chi connectivity index (χ0) is 16.3. The van der Waals surface area contributed by atoms with Crippen LogP contribution in [-0.4, -0.2) is 25.7 Å². The minimum atomic E-state index is -3.66. The maximum absolute atomic E-state index is 13.7. The first-order chi connectivity index (χ1) is 10.3. The van der Waals surface area contributed by atoms with E-state index in [-0.39, 0.29) is 17.5 Å². The molecule has 1 N–H and O–H groups in total. The Bertz CT molecular complexity index is 671. The molecule has 0 radical (unpaired) electrons. The van der Waals surface area contributed by atoms with Crippen LogP contribution < -0.4 is 9.46 Å². The zero-order valence-electron chi connectivity index (χ0n) is 12.0. The van der Waals surface area contributed by atoms with Crippen LogP contribution in [-0.2, 0) is 10.0 Å². The fraction of sp³-hybridized carbons (Fsp3) is 0.538. The van der Waals surface area contributed by atoms with Gasteiger partial charge in [0.05, 0.1) is 29.0 Å². The topological polar surface area (TPSA) is 98.5 Å². The van der Waals surface area contributed by atoms with Gasteiger partial charge < -0.3 is 4.74 Å². The molecule has 1 fully saturated rings. The average molecular weight is 332 g/mol. The second-order valence-electron chi connectivity index (χ2n) is 5.31. The van der Waals surface area contributed by atoms with Gasteiger partial charge in [0.1, 0.15) is 0 Å². The molecule has 2 rings (SSSR count). The van der Waals surface area contributed by atoms with E-state index < -0.39 is 26.5 Å². The number of hydrogen-bond donors (Lipinski definition) is 1. The van der Waals surface area contributed by atoms with Gasteiger partial charge in [-0.3, -0.25) is 14.8 Å². The third kappa shape index (κ3) is 4.30. The predicted octanol–water partition coefficient (Wildman–Crippen LogP) is 2.82. The number of nitro benzene ring substituents is 1. The minimum Gasteiger partial charge on any atom is -0.488 e. The molecule has 0 aromatic heterocycles. The van der Waals surface area contributed by atoms with E-state index >= 15 is 0 Å². The molecule has 0 bridgehead atoms. The van der Waals surface area contributed by atoms with Crippen molar-refractivity contribution >= 4 is 21.4 Å². The van der Waals surface area contributed by atoms with Gasteiger partial charge in [0, 0.05) is 6.07 Å². The first kappa shape index (κ1) is 16.5. The maximum Gasteiger partial charge on any atom is 0.308 e. The zero-order valence-corrected chi connectivity index (χ0v) is 12.9. The summed E-state index contributed by atoms with van der Waals surface area (Å²) in [5.74, 6) is -1.14. The van der Waals surface area contributed by atoms with Crippen LogP contribution in [0.15, 0.2) is 12.1 Å². The minimum absolute atomic E-state index is 0.0228. The number of nitro groups is 1. The summed E-state index contributed by atoms with van der Waals surface area (Å²) >= 11 is 0. The lowest BCUT2D eigenvalue weighted by Crippen LogP contribution is -2.21. The lowest BCUT2D eigenvalue weighted by atomic mass is 9.98. The number of halogens is 1. The molecular formula is C13H17FN2O5S. The Hall–Kier alpha value is -1.90. The normalized spacial score (nSPS) is 16.3. The van der Waals surface area contributed by atoms with Crippen LogP contribution in [0.3, 0.4) is 0 Å². The van der Waals surface area contributed by atoms with Crippen molar-refractivity contribution < 1.29 is 22.5 Å². The molecule has 0 aliphatic heterocycles. The highest BCUT2D eigenvalue weighted by Crippen LogP contribution is 2.35. The molecule has 7 nitrogen and oxygen atoms in total. The number of benzene rings is 1.